The van der Waals surface area contributed by atoms with Crippen molar-refractivity contribution in [1.29, 1.82) is 0 Å². The van der Waals surface area contributed by atoms with Crippen LogP contribution < -0.4 is 11.3 Å². The van der Waals surface area contributed by atoms with Crippen LogP contribution in [0.5, 0.6) is 0 Å². The first kappa shape index (κ1) is 16.2. The van der Waals surface area contributed by atoms with Crippen molar-refractivity contribution in [3.8, 4) is 0 Å². The van der Waals surface area contributed by atoms with Crippen LogP contribution in [0.3, 0.4) is 0 Å². The molecule has 0 aliphatic carbocycles. The van der Waals surface area contributed by atoms with Crippen molar-refractivity contribution in [2.75, 3.05) is 13.6 Å². The average molecular weight is 302 g/mol. The number of aromatic nitrogens is 2. The molecular formula is C16H22N4O2. The summed E-state index contributed by atoms with van der Waals surface area (Å²) in [6.45, 7) is 4.67. The summed E-state index contributed by atoms with van der Waals surface area (Å²) in [5, 5.41) is 7.35. The summed E-state index contributed by atoms with van der Waals surface area (Å²) in [6.07, 6.45) is 0.723. The lowest BCUT2D eigenvalue weighted by Gasteiger charge is -2.21. The predicted octanol–water partition coefficient (Wildman–Crippen LogP) is 1.37. The number of fused-ring (bicyclic) bond motifs is 1. The number of nitrogens with one attached hydrogen (secondary N) is 1. The van der Waals surface area contributed by atoms with Crippen molar-refractivity contribution in [3.05, 3.63) is 40.3 Å². The van der Waals surface area contributed by atoms with Gasteiger partial charge in [-0.05, 0) is 18.4 Å². The van der Waals surface area contributed by atoms with E-state index in [2.05, 4.69) is 24.0 Å². The summed E-state index contributed by atoms with van der Waals surface area (Å²) in [6, 6.07) is 7.02. The lowest BCUT2D eigenvalue weighted by molar-refractivity contribution is 0.0784. The van der Waals surface area contributed by atoms with Crippen LogP contribution in [0.4, 0.5) is 0 Å². The molecule has 2 aromatic rings. The molecular weight excluding hydrogens is 280 g/mol. The van der Waals surface area contributed by atoms with Gasteiger partial charge in [0.1, 0.15) is 0 Å². The topological polar surface area (TPSA) is 92.1 Å². The summed E-state index contributed by atoms with van der Waals surface area (Å²) in [5.74, 6) is 0.152. The number of aromatic amines is 1. The maximum atomic E-state index is 12.6. The van der Waals surface area contributed by atoms with E-state index in [0.29, 0.717) is 23.2 Å². The molecule has 0 saturated carbocycles. The van der Waals surface area contributed by atoms with Crippen LogP contribution in [0, 0.1) is 5.92 Å². The smallest absolute Gasteiger partial charge is 0.274 e. The SMILES string of the molecule is CC(C)C(N)CCN(C)C(=O)c1n[nH]c(=O)c2ccccc12. The van der Waals surface area contributed by atoms with Crippen LogP contribution in [-0.4, -0.2) is 40.6 Å². The molecule has 118 valence electrons. The van der Waals surface area contributed by atoms with Crippen LogP contribution in [0.25, 0.3) is 10.8 Å². The molecule has 0 bridgehead atoms. The Morgan fingerprint density at radius 3 is 2.59 bits per heavy atom. The number of nitrogens with two attached hydrogens (primary N) is 1. The zero-order chi connectivity index (χ0) is 16.3. The summed E-state index contributed by atoms with van der Waals surface area (Å²) >= 11 is 0. The number of rotatable bonds is 5. The van der Waals surface area contributed by atoms with E-state index >= 15 is 0 Å². The Bertz CT molecular complexity index is 723. The quantitative estimate of drug-likeness (QED) is 0.872. The molecule has 1 amide bonds. The maximum absolute atomic E-state index is 12.6. The first-order valence-electron chi connectivity index (χ1n) is 7.40. The molecule has 1 heterocycles. The standard InChI is InChI=1S/C16H22N4O2/c1-10(2)13(17)8-9-20(3)16(22)14-11-6-4-5-7-12(11)15(21)19-18-14/h4-7,10,13H,8-9,17H2,1-3H3,(H,19,21). The fourth-order valence-electron chi connectivity index (χ4n) is 2.24. The molecule has 1 aromatic carbocycles. The lowest BCUT2D eigenvalue weighted by Crippen LogP contribution is -2.35. The van der Waals surface area contributed by atoms with Crippen molar-refractivity contribution >= 4 is 16.7 Å². The van der Waals surface area contributed by atoms with Gasteiger partial charge in [0.2, 0.25) is 0 Å². The number of nitrogens with zero attached hydrogens (tertiary/aromatic N) is 2. The second kappa shape index (κ2) is 6.70. The molecule has 0 spiro atoms. The molecule has 0 aliphatic rings. The van der Waals surface area contributed by atoms with Crippen molar-refractivity contribution in [3.63, 3.8) is 0 Å². The van der Waals surface area contributed by atoms with E-state index in [4.69, 9.17) is 5.73 Å². The zero-order valence-corrected chi connectivity index (χ0v) is 13.2. The van der Waals surface area contributed by atoms with Gasteiger partial charge in [-0.3, -0.25) is 9.59 Å². The van der Waals surface area contributed by atoms with Crippen LogP contribution in [-0.2, 0) is 0 Å². The third-order valence-electron chi connectivity index (χ3n) is 3.90. The molecule has 0 saturated heterocycles. The maximum Gasteiger partial charge on any atom is 0.274 e. The summed E-state index contributed by atoms with van der Waals surface area (Å²) in [7, 11) is 1.72. The minimum absolute atomic E-state index is 0.0514. The summed E-state index contributed by atoms with van der Waals surface area (Å²) in [4.78, 5) is 25.9. The number of amides is 1. The van der Waals surface area contributed by atoms with E-state index in [1.54, 1.807) is 36.2 Å². The average Bonchev–Trinajstić information content (AvgIpc) is 2.52. The Morgan fingerprint density at radius 2 is 1.95 bits per heavy atom. The Balaban J connectivity index is 2.23. The number of benzene rings is 1. The zero-order valence-electron chi connectivity index (χ0n) is 13.2. The van der Waals surface area contributed by atoms with Crippen LogP contribution in [0.15, 0.2) is 29.1 Å². The van der Waals surface area contributed by atoms with E-state index in [1.807, 2.05) is 0 Å². The fraction of sp³-hybridized carbons (Fsp3) is 0.438. The van der Waals surface area contributed by atoms with Gasteiger partial charge in [-0.25, -0.2) is 5.10 Å². The second-order valence-electron chi connectivity index (χ2n) is 5.87. The molecule has 0 aliphatic heterocycles. The normalized spacial score (nSPS) is 12.6. The molecule has 1 aromatic heterocycles. The number of H-pyrrole nitrogens is 1. The Morgan fingerprint density at radius 1 is 1.32 bits per heavy atom. The molecule has 0 fully saturated rings. The summed E-state index contributed by atoms with van der Waals surface area (Å²) < 4.78 is 0. The lowest BCUT2D eigenvalue weighted by atomic mass is 10.0. The molecule has 0 radical (unpaired) electrons. The highest BCUT2D eigenvalue weighted by molar-refractivity contribution is 6.04. The Hall–Kier alpha value is -2.21. The molecule has 6 heteroatoms. The van der Waals surface area contributed by atoms with Gasteiger partial charge < -0.3 is 10.6 Å². The van der Waals surface area contributed by atoms with Crippen LogP contribution in [0.1, 0.15) is 30.8 Å². The first-order valence-corrected chi connectivity index (χ1v) is 7.40. The van der Waals surface area contributed by atoms with Gasteiger partial charge in [0.05, 0.1) is 5.39 Å². The monoisotopic (exact) mass is 302 g/mol. The van der Waals surface area contributed by atoms with Crippen LogP contribution >= 0.6 is 0 Å². The fourth-order valence-corrected chi connectivity index (χ4v) is 2.24. The van der Waals surface area contributed by atoms with Crippen molar-refractivity contribution in [1.82, 2.24) is 15.1 Å². The highest BCUT2D eigenvalue weighted by atomic mass is 16.2. The number of carbonyl (C=O) groups excluding carboxylic acids is 1. The summed E-state index contributed by atoms with van der Waals surface area (Å²) in [5.41, 5.74) is 5.98. The third-order valence-corrected chi connectivity index (χ3v) is 3.90. The highest BCUT2D eigenvalue weighted by Gasteiger charge is 2.19. The predicted molar refractivity (Wildman–Crippen MR) is 86.8 cm³/mol. The van der Waals surface area contributed by atoms with Crippen molar-refractivity contribution in [2.45, 2.75) is 26.3 Å². The van der Waals surface area contributed by atoms with Gasteiger partial charge in [0.25, 0.3) is 11.5 Å². The molecule has 3 N–H and O–H groups in total. The highest BCUT2D eigenvalue weighted by Crippen LogP contribution is 2.14. The van der Waals surface area contributed by atoms with Crippen LogP contribution in [0.2, 0.25) is 0 Å². The molecule has 1 atom stereocenters. The van der Waals surface area contributed by atoms with Crippen molar-refractivity contribution in [2.24, 2.45) is 11.7 Å². The number of hydrogen-bond donors (Lipinski definition) is 2. The molecule has 2 rings (SSSR count). The molecule has 22 heavy (non-hydrogen) atoms. The van der Waals surface area contributed by atoms with E-state index in [9.17, 15) is 9.59 Å². The second-order valence-corrected chi connectivity index (χ2v) is 5.87. The van der Waals surface area contributed by atoms with Gasteiger partial charge in [0.15, 0.2) is 5.69 Å². The van der Waals surface area contributed by atoms with Gasteiger partial charge >= 0.3 is 0 Å². The van der Waals surface area contributed by atoms with Gasteiger partial charge in [0, 0.05) is 25.0 Å². The third kappa shape index (κ3) is 3.33. The van der Waals surface area contributed by atoms with E-state index in [0.717, 1.165) is 6.42 Å². The van der Waals surface area contributed by atoms with E-state index in [-0.39, 0.29) is 23.2 Å². The molecule has 6 nitrogen and oxygen atoms in total. The first-order chi connectivity index (χ1) is 10.4. The van der Waals surface area contributed by atoms with Gasteiger partial charge in [-0.1, -0.05) is 32.0 Å². The Labute approximate surface area is 129 Å². The van der Waals surface area contributed by atoms with Gasteiger partial charge in [-0.2, -0.15) is 5.10 Å². The minimum Gasteiger partial charge on any atom is -0.340 e. The minimum atomic E-state index is -0.295. The number of hydrogen-bond acceptors (Lipinski definition) is 4. The Kier molecular flexibility index (Phi) is 4.92. The van der Waals surface area contributed by atoms with Crippen molar-refractivity contribution < 1.29 is 4.79 Å². The molecule has 1 unspecified atom stereocenters. The van der Waals surface area contributed by atoms with Gasteiger partial charge in [-0.15, -0.1) is 0 Å². The number of carbonyl (C=O) groups is 1. The largest absolute Gasteiger partial charge is 0.340 e. The van der Waals surface area contributed by atoms with E-state index < -0.39 is 0 Å². The van der Waals surface area contributed by atoms with E-state index in [1.165, 1.54) is 0 Å².